The molecule has 0 aliphatic carbocycles. The van der Waals surface area contributed by atoms with Gasteiger partial charge in [0.2, 0.25) is 0 Å². The molecule has 0 spiro atoms. The predicted molar refractivity (Wildman–Crippen MR) is 72.6 cm³/mol. The second-order valence-electron chi connectivity index (χ2n) is 3.58. The maximum absolute atomic E-state index is 10.8. The van der Waals surface area contributed by atoms with Crippen molar-refractivity contribution in [1.82, 2.24) is 0 Å². The summed E-state index contributed by atoms with van der Waals surface area (Å²) in [6.07, 6.45) is 3.50. The molecule has 0 saturated carbocycles. The molecule has 1 N–H and O–H groups in total. The third-order valence-corrected chi connectivity index (χ3v) is 3.20. The highest BCUT2D eigenvalue weighted by Gasteiger charge is 2.10. The smallest absolute Gasteiger partial charge is 0.331 e. The van der Waals surface area contributed by atoms with Crippen molar-refractivity contribution in [2.75, 3.05) is 20.5 Å². The summed E-state index contributed by atoms with van der Waals surface area (Å²) < 4.78 is 10.5. The molecule has 0 amide bonds. The van der Waals surface area contributed by atoms with Crippen LogP contribution in [0.25, 0.3) is 6.08 Å². The third kappa shape index (κ3) is 3.20. The van der Waals surface area contributed by atoms with Crippen LogP contribution in [-0.4, -0.2) is 31.6 Å². The van der Waals surface area contributed by atoms with Crippen molar-refractivity contribution in [3.8, 4) is 11.5 Å². The SMILES string of the molecule is COc1cc(SC)c(OC)cc1/C=C(\C)C(=O)O. The molecular weight excluding hydrogens is 252 g/mol. The predicted octanol–water partition coefficient (Wildman–Crippen LogP) is 2.91. The summed E-state index contributed by atoms with van der Waals surface area (Å²) in [5.41, 5.74) is 0.930. The van der Waals surface area contributed by atoms with Crippen molar-refractivity contribution >= 4 is 23.8 Å². The number of rotatable bonds is 5. The first kappa shape index (κ1) is 14.4. The monoisotopic (exact) mass is 268 g/mol. The van der Waals surface area contributed by atoms with Crippen LogP contribution in [0.15, 0.2) is 22.6 Å². The average molecular weight is 268 g/mol. The number of thioether (sulfide) groups is 1. The quantitative estimate of drug-likeness (QED) is 0.657. The van der Waals surface area contributed by atoms with Gasteiger partial charge in [-0.05, 0) is 31.4 Å². The van der Waals surface area contributed by atoms with Gasteiger partial charge in [0.15, 0.2) is 0 Å². The van der Waals surface area contributed by atoms with E-state index >= 15 is 0 Å². The van der Waals surface area contributed by atoms with Crippen molar-refractivity contribution in [1.29, 1.82) is 0 Å². The summed E-state index contributed by atoms with van der Waals surface area (Å²) in [5.74, 6) is 0.374. The van der Waals surface area contributed by atoms with Gasteiger partial charge in [-0.3, -0.25) is 0 Å². The molecule has 0 heterocycles. The summed E-state index contributed by atoms with van der Waals surface area (Å²) in [5, 5.41) is 8.89. The largest absolute Gasteiger partial charge is 0.496 e. The Kier molecular flexibility index (Phi) is 5.09. The Labute approximate surface area is 111 Å². The molecule has 4 nitrogen and oxygen atoms in total. The van der Waals surface area contributed by atoms with Crippen LogP contribution in [0.4, 0.5) is 0 Å². The lowest BCUT2D eigenvalue weighted by molar-refractivity contribution is -0.132. The van der Waals surface area contributed by atoms with Crippen LogP contribution in [0.1, 0.15) is 12.5 Å². The number of benzene rings is 1. The molecule has 0 unspecified atom stereocenters. The van der Waals surface area contributed by atoms with Gasteiger partial charge in [0.25, 0.3) is 0 Å². The molecule has 0 radical (unpaired) electrons. The van der Waals surface area contributed by atoms with Gasteiger partial charge in [-0.15, -0.1) is 11.8 Å². The van der Waals surface area contributed by atoms with Gasteiger partial charge >= 0.3 is 5.97 Å². The van der Waals surface area contributed by atoms with E-state index in [2.05, 4.69) is 0 Å². The molecule has 0 saturated heterocycles. The van der Waals surface area contributed by atoms with E-state index in [0.29, 0.717) is 17.1 Å². The minimum Gasteiger partial charge on any atom is -0.496 e. The van der Waals surface area contributed by atoms with Gasteiger partial charge in [0, 0.05) is 11.1 Å². The zero-order valence-electron chi connectivity index (χ0n) is 10.8. The van der Waals surface area contributed by atoms with Gasteiger partial charge < -0.3 is 14.6 Å². The lowest BCUT2D eigenvalue weighted by atomic mass is 10.1. The van der Waals surface area contributed by atoms with Crippen molar-refractivity contribution in [2.45, 2.75) is 11.8 Å². The number of carboxylic acid groups (broad SMARTS) is 1. The molecule has 0 aliphatic rings. The summed E-state index contributed by atoms with van der Waals surface area (Å²) >= 11 is 1.54. The highest BCUT2D eigenvalue weighted by Crippen LogP contribution is 2.35. The fourth-order valence-electron chi connectivity index (χ4n) is 1.46. The second-order valence-corrected chi connectivity index (χ2v) is 4.43. The summed E-state index contributed by atoms with van der Waals surface area (Å²) in [4.78, 5) is 11.8. The highest BCUT2D eigenvalue weighted by molar-refractivity contribution is 7.98. The molecule has 1 aromatic rings. The lowest BCUT2D eigenvalue weighted by Crippen LogP contribution is -1.97. The summed E-state index contributed by atoms with van der Waals surface area (Å²) in [6.45, 7) is 1.54. The first-order valence-corrected chi connectivity index (χ1v) is 6.47. The van der Waals surface area contributed by atoms with Gasteiger partial charge in [-0.2, -0.15) is 0 Å². The van der Waals surface area contributed by atoms with E-state index < -0.39 is 5.97 Å². The standard InChI is InChI=1S/C13H16O4S/c1-8(13(14)15)5-9-6-11(17-3)12(18-4)7-10(9)16-2/h5-7H,1-4H3,(H,14,15)/b8-5+. The minimum absolute atomic E-state index is 0.243. The number of aliphatic carboxylic acids is 1. The topological polar surface area (TPSA) is 55.8 Å². The van der Waals surface area contributed by atoms with Crippen molar-refractivity contribution in [3.63, 3.8) is 0 Å². The number of carboxylic acids is 1. The Morgan fingerprint density at radius 2 is 1.89 bits per heavy atom. The van der Waals surface area contributed by atoms with E-state index in [4.69, 9.17) is 14.6 Å². The fraction of sp³-hybridized carbons (Fsp3) is 0.308. The number of hydrogen-bond donors (Lipinski definition) is 1. The normalized spacial score (nSPS) is 11.2. The number of hydrogen-bond acceptors (Lipinski definition) is 4. The second kappa shape index (κ2) is 6.35. The van der Waals surface area contributed by atoms with E-state index in [9.17, 15) is 4.79 Å². The first-order valence-electron chi connectivity index (χ1n) is 5.25. The molecule has 0 atom stereocenters. The van der Waals surface area contributed by atoms with Gasteiger partial charge in [0.05, 0.1) is 19.1 Å². The van der Waals surface area contributed by atoms with Crippen LogP contribution >= 0.6 is 11.8 Å². The van der Waals surface area contributed by atoms with E-state index in [-0.39, 0.29) is 5.57 Å². The van der Waals surface area contributed by atoms with Crippen molar-refractivity contribution < 1.29 is 19.4 Å². The molecule has 0 fully saturated rings. The Morgan fingerprint density at radius 1 is 1.28 bits per heavy atom. The Hall–Kier alpha value is -1.62. The van der Waals surface area contributed by atoms with Crippen LogP contribution < -0.4 is 9.47 Å². The molecule has 0 bridgehead atoms. The number of methoxy groups -OCH3 is 2. The van der Waals surface area contributed by atoms with Crippen LogP contribution in [0.2, 0.25) is 0 Å². The van der Waals surface area contributed by atoms with E-state index in [1.807, 2.05) is 12.3 Å². The summed E-state index contributed by atoms with van der Waals surface area (Å²) in [7, 11) is 3.14. The Bertz CT molecular complexity index is 480. The fourth-order valence-corrected chi connectivity index (χ4v) is 2.03. The van der Waals surface area contributed by atoms with Crippen molar-refractivity contribution in [2.24, 2.45) is 0 Å². The Balaban J connectivity index is 3.34. The lowest BCUT2D eigenvalue weighted by Gasteiger charge is -2.12. The number of ether oxygens (including phenoxy) is 2. The molecule has 98 valence electrons. The molecule has 0 aliphatic heterocycles. The molecule has 18 heavy (non-hydrogen) atoms. The zero-order chi connectivity index (χ0) is 13.7. The van der Waals surface area contributed by atoms with Gasteiger partial charge in [0.1, 0.15) is 11.5 Å². The Morgan fingerprint density at radius 3 is 2.33 bits per heavy atom. The van der Waals surface area contributed by atoms with Gasteiger partial charge in [-0.1, -0.05) is 0 Å². The third-order valence-electron chi connectivity index (χ3n) is 2.45. The van der Waals surface area contributed by atoms with Gasteiger partial charge in [-0.25, -0.2) is 4.79 Å². The van der Waals surface area contributed by atoms with E-state index in [1.165, 1.54) is 6.92 Å². The van der Waals surface area contributed by atoms with Crippen LogP contribution in [0.5, 0.6) is 11.5 Å². The van der Waals surface area contributed by atoms with Crippen LogP contribution in [0.3, 0.4) is 0 Å². The minimum atomic E-state index is -0.954. The average Bonchev–Trinajstić information content (AvgIpc) is 2.37. The van der Waals surface area contributed by atoms with Crippen LogP contribution in [0, 0.1) is 0 Å². The summed E-state index contributed by atoms with van der Waals surface area (Å²) in [6, 6.07) is 3.61. The maximum atomic E-state index is 10.8. The molecule has 5 heteroatoms. The zero-order valence-corrected chi connectivity index (χ0v) is 11.6. The van der Waals surface area contributed by atoms with E-state index in [0.717, 1.165) is 4.90 Å². The maximum Gasteiger partial charge on any atom is 0.331 e. The van der Waals surface area contributed by atoms with Crippen LogP contribution in [-0.2, 0) is 4.79 Å². The number of carbonyl (C=O) groups is 1. The molecule has 1 aromatic carbocycles. The highest BCUT2D eigenvalue weighted by atomic mass is 32.2. The van der Waals surface area contributed by atoms with E-state index in [1.54, 1.807) is 38.1 Å². The molecule has 0 aromatic heterocycles. The molecule has 1 rings (SSSR count). The van der Waals surface area contributed by atoms with Crippen molar-refractivity contribution in [3.05, 3.63) is 23.3 Å². The first-order chi connectivity index (χ1) is 8.53. The molecular formula is C13H16O4S.